The standard InChI is InChI=1S/C12H12FN3O4S/c1-7-5-11(15-14-7)16-21(18,19)10-6-8(13)3-4-9(10)12(17)20-2/h3-6H,1-2H3,(H2,14,15,16). The molecule has 0 saturated carbocycles. The molecule has 0 spiro atoms. The summed E-state index contributed by atoms with van der Waals surface area (Å²) in [4.78, 5) is 11.1. The van der Waals surface area contributed by atoms with Gasteiger partial charge in [0.25, 0.3) is 10.0 Å². The fourth-order valence-electron chi connectivity index (χ4n) is 1.66. The molecule has 0 unspecified atom stereocenters. The van der Waals surface area contributed by atoms with Gasteiger partial charge in [-0.15, -0.1) is 0 Å². The summed E-state index contributed by atoms with van der Waals surface area (Å²) in [5.74, 6) is -1.64. The summed E-state index contributed by atoms with van der Waals surface area (Å²) in [7, 11) is -3.08. The van der Waals surface area contributed by atoms with Crippen LogP contribution in [0.25, 0.3) is 0 Å². The molecule has 0 amide bonds. The van der Waals surface area contributed by atoms with E-state index in [4.69, 9.17) is 0 Å². The van der Waals surface area contributed by atoms with Crippen molar-refractivity contribution in [3.05, 3.63) is 41.3 Å². The van der Waals surface area contributed by atoms with Gasteiger partial charge < -0.3 is 4.74 Å². The van der Waals surface area contributed by atoms with Gasteiger partial charge >= 0.3 is 5.97 Å². The lowest BCUT2D eigenvalue weighted by atomic mass is 10.2. The van der Waals surface area contributed by atoms with Gasteiger partial charge in [-0.3, -0.25) is 9.82 Å². The highest BCUT2D eigenvalue weighted by atomic mass is 32.2. The molecule has 2 N–H and O–H groups in total. The molecule has 0 aliphatic heterocycles. The highest BCUT2D eigenvalue weighted by Crippen LogP contribution is 2.21. The summed E-state index contributed by atoms with van der Waals surface area (Å²) in [6.07, 6.45) is 0. The predicted molar refractivity (Wildman–Crippen MR) is 71.9 cm³/mol. The Morgan fingerprint density at radius 2 is 2.10 bits per heavy atom. The number of ether oxygens (including phenoxy) is 1. The SMILES string of the molecule is COC(=O)c1ccc(F)cc1S(=O)(=O)Nc1cc(C)[nH]n1. The summed E-state index contributed by atoms with van der Waals surface area (Å²) in [5.41, 5.74) is 0.374. The fraction of sp³-hybridized carbons (Fsp3) is 0.167. The van der Waals surface area contributed by atoms with Crippen LogP contribution in [-0.4, -0.2) is 31.7 Å². The molecule has 0 atom stereocenters. The van der Waals surface area contributed by atoms with Gasteiger partial charge in [-0.2, -0.15) is 5.10 Å². The maximum atomic E-state index is 13.3. The minimum Gasteiger partial charge on any atom is -0.465 e. The highest BCUT2D eigenvalue weighted by Gasteiger charge is 2.24. The first-order valence-corrected chi connectivity index (χ1v) is 7.24. The molecule has 0 aliphatic carbocycles. The summed E-state index contributed by atoms with van der Waals surface area (Å²) in [6, 6.07) is 4.22. The number of aromatic nitrogens is 2. The van der Waals surface area contributed by atoms with Crippen molar-refractivity contribution >= 4 is 21.8 Å². The molecular weight excluding hydrogens is 301 g/mol. The van der Waals surface area contributed by atoms with Gasteiger partial charge in [-0.1, -0.05) is 0 Å². The third-order valence-electron chi connectivity index (χ3n) is 2.58. The van der Waals surface area contributed by atoms with Crippen LogP contribution in [0.5, 0.6) is 0 Å². The van der Waals surface area contributed by atoms with Crippen LogP contribution in [0.2, 0.25) is 0 Å². The van der Waals surface area contributed by atoms with Gasteiger partial charge in [-0.05, 0) is 25.1 Å². The van der Waals surface area contributed by atoms with E-state index in [-0.39, 0.29) is 11.4 Å². The second-order valence-corrected chi connectivity index (χ2v) is 5.82. The number of nitrogens with zero attached hydrogens (tertiary/aromatic N) is 1. The molecule has 1 heterocycles. The van der Waals surface area contributed by atoms with E-state index < -0.39 is 26.7 Å². The lowest BCUT2D eigenvalue weighted by Gasteiger charge is -2.09. The van der Waals surface area contributed by atoms with Crippen LogP contribution in [0.4, 0.5) is 10.2 Å². The average Bonchev–Trinajstić information content (AvgIpc) is 2.82. The molecule has 21 heavy (non-hydrogen) atoms. The Morgan fingerprint density at radius 1 is 1.38 bits per heavy atom. The number of methoxy groups -OCH3 is 1. The number of benzene rings is 1. The van der Waals surface area contributed by atoms with Crippen LogP contribution in [0.3, 0.4) is 0 Å². The first kappa shape index (κ1) is 15.0. The molecule has 1 aromatic carbocycles. The number of sulfonamides is 1. The summed E-state index contributed by atoms with van der Waals surface area (Å²) in [5, 5.41) is 6.28. The molecule has 2 rings (SSSR count). The van der Waals surface area contributed by atoms with Gasteiger partial charge in [0.1, 0.15) is 10.7 Å². The number of halogens is 1. The van der Waals surface area contributed by atoms with E-state index in [1.54, 1.807) is 6.92 Å². The van der Waals surface area contributed by atoms with E-state index in [0.717, 1.165) is 25.3 Å². The number of anilines is 1. The number of rotatable bonds is 4. The first-order chi connectivity index (χ1) is 9.83. The molecule has 0 saturated heterocycles. The predicted octanol–water partition coefficient (Wildman–Crippen LogP) is 1.44. The minimum atomic E-state index is -4.18. The lowest BCUT2D eigenvalue weighted by molar-refractivity contribution is 0.0596. The largest absolute Gasteiger partial charge is 0.465 e. The number of carbonyl (C=O) groups excluding carboxylic acids is 1. The molecule has 112 valence electrons. The first-order valence-electron chi connectivity index (χ1n) is 5.76. The number of hydrogen-bond donors (Lipinski definition) is 2. The van der Waals surface area contributed by atoms with Gasteiger partial charge in [0.15, 0.2) is 5.82 Å². The molecule has 0 radical (unpaired) electrons. The molecule has 0 aliphatic rings. The van der Waals surface area contributed by atoms with E-state index >= 15 is 0 Å². The molecule has 0 bridgehead atoms. The van der Waals surface area contributed by atoms with Crippen LogP contribution in [0.1, 0.15) is 16.1 Å². The Morgan fingerprint density at radius 3 is 2.67 bits per heavy atom. The minimum absolute atomic E-state index is 0.0348. The van der Waals surface area contributed by atoms with Crippen molar-refractivity contribution in [2.45, 2.75) is 11.8 Å². The van der Waals surface area contributed by atoms with E-state index in [1.165, 1.54) is 6.07 Å². The Bertz CT molecular complexity index is 786. The number of aromatic amines is 1. The quantitative estimate of drug-likeness (QED) is 0.832. The molecule has 9 heteroatoms. The Labute approximate surface area is 120 Å². The number of esters is 1. The normalized spacial score (nSPS) is 11.2. The Hall–Kier alpha value is -2.42. The van der Waals surface area contributed by atoms with Gasteiger partial charge in [0, 0.05) is 11.8 Å². The fourth-order valence-corrected chi connectivity index (χ4v) is 2.86. The third kappa shape index (κ3) is 3.19. The van der Waals surface area contributed by atoms with Crippen LogP contribution in [0, 0.1) is 12.7 Å². The second kappa shape index (κ2) is 5.52. The van der Waals surface area contributed by atoms with Crippen molar-refractivity contribution in [3.8, 4) is 0 Å². The highest BCUT2D eigenvalue weighted by molar-refractivity contribution is 7.92. The van der Waals surface area contributed by atoms with E-state index in [1.807, 2.05) is 0 Å². The molecular formula is C12H12FN3O4S. The summed E-state index contributed by atoms with van der Waals surface area (Å²) < 4.78 is 44.5. The molecule has 2 aromatic rings. The van der Waals surface area contributed by atoms with Crippen molar-refractivity contribution in [1.82, 2.24) is 10.2 Å². The maximum absolute atomic E-state index is 13.3. The Balaban J connectivity index is 2.48. The molecule has 7 nitrogen and oxygen atoms in total. The second-order valence-electron chi connectivity index (χ2n) is 4.17. The zero-order valence-electron chi connectivity index (χ0n) is 11.2. The zero-order valence-corrected chi connectivity index (χ0v) is 12.0. The number of nitrogens with one attached hydrogen (secondary N) is 2. The van der Waals surface area contributed by atoms with Gasteiger partial charge in [0.2, 0.25) is 0 Å². The Kier molecular flexibility index (Phi) is 3.94. The lowest BCUT2D eigenvalue weighted by Crippen LogP contribution is -2.18. The average molecular weight is 313 g/mol. The van der Waals surface area contributed by atoms with E-state index in [2.05, 4.69) is 19.7 Å². The van der Waals surface area contributed by atoms with Crippen LogP contribution in [0.15, 0.2) is 29.2 Å². The molecule has 0 fully saturated rings. The van der Waals surface area contributed by atoms with Crippen molar-refractivity contribution < 1.29 is 22.3 Å². The van der Waals surface area contributed by atoms with Crippen molar-refractivity contribution in [2.24, 2.45) is 0 Å². The van der Waals surface area contributed by atoms with Crippen molar-refractivity contribution in [1.29, 1.82) is 0 Å². The van der Waals surface area contributed by atoms with Crippen LogP contribution in [-0.2, 0) is 14.8 Å². The van der Waals surface area contributed by atoms with Gasteiger partial charge in [-0.25, -0.2) is 17.6 Å². The summed E-state index contributed by atoms with van der Waals surface area (Å²) >= 11 is 0. The topological polar surface area (TPSA) is 101 Å². The van der Waals surface area contributed by atoms with E-state index in [9.17, 15) is 17.6 Å². The number of aryl methyl sites for hydroxylation is 1. The van der Waals surface area contributed by atoms with Crippen molar-refractivity contribution in [3.63, 3.8) is 0 Å². The van der Waals surface area contributed by atoms with Gasteiger partial charge in [0.05, 0.1) is 12.7 Å². The monoisotopic (exact) mass is 313 g/mol. The number of carbonyl (C=O) groups is 1. The summed E-state index contributed by atoms with van der Waals surface area (Å²) in [6.45, 7) is 1.69. The van der Waals surface area contributed by atoms with Crippen LogP contribution < -0.4 is 4.72 Å². The number of hydrogen-bond acceptors (Lipinski definition) is 5. The smallest absolute Gasteiger partial charge is 0.339 e. The molecule has 1 aromatic heterocycles. The zero-order chi connectivity index (χ0) is 15.6. The van der Waals surface area contributed by atoms with Crippen molar-refractivity contribution in [2.75, 3.05) is 11.8 Å². The third-order valence-corrected chi connectivity index (χ3v) is 3.98. The van der Waals surface area contributed by atoms with E-state index in [0.29, 0.717) is 5.69 Å². The number of H-pyrrole nitrogens is 1. The van der Waals surface area contributed by atoms with Crippen LogP contribution >= 0.6 is 0 Å². The maximum Gasteiger partial charge on any atom is 0.339 e.